The number of hydrogen-bond donors (Lipinski definition) is 1. The Balaban J connectivity index is 1.71. The SMILES string of the molecule is CCC1OCCC1CN1C(=O)C(C2CC2)NC(=O)C1C. The van der Waals surface area contributed by atoms with Gasteiger partial charge in [-0.3, -0.25) is 9.59 Å². The summed E-state index contributed by atoms with van der Waals surface area (Å²) in [6.45, 7) is 5.38. The Morgan fingerprint density at radius 3 is 2.70 bits per heavy atom. The van der Waals surface area contributed by atoms with Gasteiger partial charge in [-0.2, -0.15) is 0 Å². The second kappa shape index (κ2) is 5.35. The minimum atomic E-state index is -0.351. The van der Waals surface area contributed by atoms with Gasteiger partial charge >= 0.3 is 0 Å². The Labute approximate surface area is 120 Å². The molecule has 2 saturated heterocycles. The van der Waals surface area contributed by atoms with Crippen LogP contribution in [-0.2, 0) is 14.3 Å². The van der Waals surface area contributed by atoms with Crippen LogP contribution in [0.2, 0.25) is 0 Å². The Morgan fingerprint density at radius 1 is 1.30 bits per heavy atom. The van der Waals surface area contributed by atoms with Crippen LogP contribution in [0.15, 0.2) is 0 Å². The highest BCUT2D eigenvalue weighted by molar-refractivity contribution is 5.97. The van der Waals surface area contributed by atoms with E-state index in [2.05, 4.69) is 12.2 Å². The van der Waals surface area contributed by atoms with Gasteiger partial charge < -0.3 is 15.0 Å². The molecule has 3 aliphatic rings. The van der Waals surface area contributed by atoms with Gasteiger partial charge in [-0.25, -0.2) is 0 Å². The summed E-state index contributed by atoms with van der Waals surface area (Å²) in [6, 6.07) is -0.628. The molecule has 0 aromatic heterocycles. The van der Waals surface area contributed by atoms with E-state index in [-0.39, 0.29) is 30.0 Å². The molecule has 1 saturated carbocycles. The van der Waals surface area contributed by atoms with Crippen LogP contribution in [0.25, 0.3) is 0 Å². The van der Waals surface area contributed by atoms with Crippen molar-refractivity contribution < 1.29 is 14.3 Å². The summed E-state index contributed by atoms with van der Waals surface area (Å²) in [5, 5.41) is 2.90. The van der Waals surface area contributed by atoms with E-state index in [1.165, 1.54) is 0 Å². The number of carbonyl (C=O) groups excluding carboxylic acids is 2. The molecule has 2 heterocycles. The normalized spacial score (nSPS) is 38.2. The number of piperazine rings is 1. The minimum absolute atomic E-state index is 0.00605. The molecule has 5 nitrogen and oxygen atoms in total. The number of nitrogens with zero attached hydrogens (tertiary/aromatic N) is 1. The third-order valence-electron chi connectivity index (χ3n) is 4.97. The summed E-state index contributed by atoms with van der Waals surface area (Å²) < 4.78 is 5.70. The maximum atomic E-state index is 12.6. The zero-order valence-electron chi connectivity index (χ0n) is 12.3. The van der Waals surface area contributed by atoms with Crippen molar-refractivity contribution in [1.82, 2.24) is 10.2 Å². The molecule has 112 valence electrons. The Morgan fingerprint density at radius 2 is 2.05 bits per heavy atom. The first-order valence-corrected chi connectivity index (χ1v) is 7.84. The molecular weight excluding hydrogens is 256 g/mol. The maximum Gasteiger partial charge on any atom is 0.246 e. The van der Waals surface area contributed by atoms with Gasteiger partial charge in [-0.05, 0) is 38.5 Å². The molecule has 0 bridgehead atoms. The number of hydrogen-bond acceptors (Lipinski definition) is 3. The van der Waals surface area contributed by atoms with E-state index in [0.717, 1.165) is 32.3 Å². The molecule has 0 radical (unpaired) electrons. The van der Waals surface area contributed by atoms with Crippen LogP contribution < -0.4 is 5.32 Å². The van der Waals surface area contributed by atoms with Crippen LogP contribution in [0, 0.1) is 11.8 Å². The quantitative estimate of drug-likeness (QED) is 0.833. The number of amides is 2. The number of carbonyl (C=O) groups is 2. The zero-order valence-corrected chi connectivity index (χ0v) is 12.3. The van der Waals surface area contributed by atoms with Gasteiger partial charge in [0, 0.05) is 19.1 Å². The average Bonchev–Trinajstić information content (AvgIpc) is 3.18. The van der Waals surface area contributed by atoms with E-state index >= 15 is 0 Å². The summed E-state index contributed by atoms with van der Waals surface area (Å²) in [6.07, 6.45) is 4.31. The highest BCUT2D eigenvalue weighted by Crippen LogP contribution is 2.35. The molecule has 0 spiro atoms. The molecule has 0 aromatic carbocycles. The van der Waals surface area contributed by atoms with E-state index in [0.29, 0.717) is 18.4 Å². The summed E-state index contributed by atoms with van der Waals surface area (Å²) in [7, 11) is 0. The van der Waals surface area contributed by atoms with Gasteiger partial charge in [0.2, 0.25) is 11.8 Å². The highest BCUT2D eigenvalue weighted by atomic mass is 16.5. The third-order valence-corrected chi connectivity index (χ3v) is 4.97. The van der Waals surface area contributed by atoms with E-state index < -0.39 is 0 Å². The number of nitrogens with one attached hydrogen (secondary N) is 1. The fraction of sp³-hybridized carbons (Fsp3) is 0.867. The van der Waals surface area contributed by atoms with Gasteiger partial charge in [-0.1, -0.05) is 6.92 Å². The van der Waals surface area contributed by atoms with Gasteiger partial charge in [-0.15, -0.1) is 0 Å². The summed E-state index contributed by atoms with van der Waals surface area (Å²) in [5.74, 6) is 0.843. The standard InChI is InChI=1S/C15H24N2O3/c1-3-12-11(6-7-20-12)8-17-9(2)14(18)16-13(15(17)19)10-4-5-10/h9-13H,3-8H2,1-2H3,(H,16,18). The molecule has 20 heavy (non-hydrogen) atoms. The minimum Gasteiger partial charge on any atom is -0.378 e. The second-order valence-electron chi connectivity index (χ2n) is 6.36. The average molecular weight is 280 g/mol. The van der Waals surface area contributed by atoms with Crippen molar-refractivity contribution in [1.29, 1.82) is 0 Å². The van der Waals surface area contributed by atoms with Gasteiger partial charge in [0.25, 0.3) is 0 Å². The maximum absolute atomic E-state index is 12.6. The highest BCUT2D eigenvalue weighted by Gasteiger charge is 2.46. The molecule has 1 N–H and O–H groups in total. The topological polar surface area (TPSA) is 58.6 Å². The smallest absolute Gasteiger partial charge is 0.246 e. The van der Waals surface area contributed by atoms with Crippen LogP contribution in [-0.4, -0.2) is 48.1 Å². The van der Waals surface area contributed by atoms with Gasteiger partial charge in [0.1, 0.15) is 12.1 Å². The lowest BCUT2D eigenvalue weighted by Gasteiger charge is -2.39. The predicted octanol–water partition coefficient (Wildman–Crippen LogP) is 0.927. The van der Waals surface area contributed by atoms with E-state index in [1.807, 2.05) is 6.92 Å². The van der Waals surface area contributed by atoms with Crippen LogP contribution in [0.3, 0.4) is 0 Å². The third kappa shape index (κ3) is 2.43. The summed E-state index contributed by atoms with van der Waals surface area (Å²) in [5.41, 5.74) is 0. The fourth-order valence-electron chi connectivity index (χ4n) is 3.45. The van der Waals surface area contributed by atoms with Crippen molar-refractivity contribution in [3.63, 3.8) is 0 Å². The van der Waals surface area contributed by atoms with E-state index in [1.54, 1.807) is 4.90 Å². The van der Waals surface area contributed by atoms with E-state index in [9.17, 15) is 9.59 Å². The lowest BCUT2D eigenvalue weighted by Crippen LogP contribution is -2.64. The van der Waals surface area contributed by atoms with Crippen LogP contribution >= 0.6 is 0 Å². The lowest BCUT2D eigenvalue weighted by molar-refractivity contribution is -0.150. The van der Waals surface area contributed by atoms with Crippen molar-refractivity contribution in [3.05, 3.63) is 0 Å². The van der Waals surface area contributed by atoms with Crippen LogP contribution in [0.1, 0.15) is 39.5 Å². The van der Waals surface area contributed by atoms with Gasteiger partial charge in [0.15, 0.2) is 0 Å². The van der Waals surface area contributed by atoms with E-state index in [4.69, 9.17) is 4.74 Å². The first-order chi connectivity index (χ1) is 9.61. The van der Waals surface area contributed by atoms with Crippen LogP contribution in [0.4, 0.5) is 0 Å². The van der Waals surface area contributed by atoms with Crippen molar-refractivity contribution in [2.75, 3.05) is 13.2 Å². The lowest BCUT2D eigenvalue weighted by atomic mass is 9.96. The second-order valence-corrected chi connectivity index (χ2v) is 6.36. The first-order valence-electron chi connectivity index (χ1n) is 7.84. The molecule has 5 heteroatoms. The molecule has 3 rings (SSSR count). The molecular formula is C15H24N2O3. The largest absolute Gasteiger partial charge is 0.378 e. The van der Waals surface area contributed by atoms with Crippen molar-refractivity contribution in [3.8, 4) is 0 Å². The van der Waals surface area contributed by atoms with Crippen molar-refractivity contribution >= 4 is 11.8 Å². The molecule has 2 amide bonds. The monoisotopic (exact) mass is 280 g/mol. The number of rotatable bonds is 4. The van der Waals surface area contributed by atoms with Crippen molar-refractivity contribution in [2.45, 2.75) is 57.7 Å². The Hall–Kier alpha value is -1.10. The molecule has 1 aliphatic carbocycles. The summed E-state index contributed by atoms with van der Waals surface area (Å²) in [4.78, 5) is 26.5. The zero-order chi connectivity index (χ0) is 14.3. The van der Waals surface area contributed by atoms with Crippen LogP contribution in [0.5, 0.6) is 0 Å². The predicted molar refractivity (Wildman–Crippen MR) is 74.0 cm³/mol. The number of ether oxygens (including phenoxy) is 1. The molecule has 4 atom stereocenters. The molecule has 2 aliphatic heterocycles. The molecule has 4 unspecified atom stereocenters. The Bertz CT molecular complexity index is 408. The fourth-order valence-corrected chi connectivity index (χ4v) is 3.45. The van der Waals surface area contributed by atoms with Crippen molar-refractivity contribution in [2.24, 2.45) is 11.8 Å². The summed E-state index contributed by atoms with van der Waals surface area (Å²) >= 11 is 0. The molecule has 0 aromatic rings. The first kappa shape index (κ1) is 13.9. The Kier molecular flexibility index (Phi) is 3.71. The van der Waals surface area contributed by atoms with Gasteiger partial charge in [0.05, 0.1) is 6.10 Å². The molecule has 3 fully saturated rings.